The van der Waals surface area contributed by atoms with E-state index in [0.717, 1.165) is 17.5 Å². The van der Waals surface area contributed by atoms with Crippen LogP contribution >= 0.6 is 0 Å². The molecule has 1 N–H and O–H groups in total. The Balaban J connectivity index is 1.68. The molecule has 0 aliphatic carbocycles. The molecule has 0 saturated carbocycles. The third-order valence-electron chi connectivity index (χ3n) is 4.21. The first-order valence-corrected chi connectivity index (χ1v) is 9.27. The van der Waals surface area contributed by atoms with Crippen LogP contribution in [0.1, 0.15) is 23.7 Å². The van der Waals surface area contributed by atoms with Gasteiger partial charge in [-0.15, -0.1) is 0 Å². The third-order valence-corrected chi connectivity index (χ3v) is 5.65. The van der Waals surface area contributed by atoms with E-state index in [1.165, 1.54) is 0 Å². The summed E-state index contributed by atoms with van der Waals surface area (Å²) in [5.41, 5.74) is 2.14. The van der Waals surface area contributed by atoms with Crippen molar-refractivity contribution < 1.29 is 13.2 Å². The highest BCUT2D eigenvalue weighted by molar-refractivity contribution is 7.89. The molecule has 1 aliphatic rings. The molecular formula is C18H21NO3S. The lowest BCUT2D eigenvalue weighted by Crippen LogP contribution is -2.30. The van der Waals surface area contributed by atoms with Gasteiger partial charge in [0, 0.05) is 19.1 Å². The van der Waals surface area contributed by atoms with E-state index in [1.807, 2.05) is 37.3 Å². The summed E-state index contributed by atoms with van der Waals surface area (Å²) in [5, 5.41) is 0. The lowest BCUT2D eigenvalue weighted by atomic mass is 9.96. The molecule has 122 valence electrons. The Labute approximate surface area is 137 Å². The number of hydrogen-bond acceptors (Lipinski definition) is 3. The summed E-state index contributed by atoms with van der Waals surface area (Å²) in [6.07, 6.45) is 0.813. The van der Waals surface area contributed by atoms with Gasteiger partial charge in [0.25, 0.3) is 0 Å². The molecule has 0 unspecified atom stereocenters. The maximum absolute atomic E-state index is 12.4. The molecule has 0 radical (unpaired) electrons. The molecule has 2 aromatic rings. The van der Waals surface area contributed by atoms with Gasteiger partial charge in [-0.1, -0.05) is 48.0 Å². The summed E-state index contributed by atoms with van der Waals surface area (Å²) >= 11 is 0. The van der Waals surface area contributed by atoms with E-state index in [4.69, 9.17) is 4.74 Å². The van der Waals surface area contributed by atoms with Crippen molar-refractivity contribution in [3.8, 4) is 0 Å². The van der Waals surface area contributed by atoms with Gasteiger partial charge in [-0.05, 0) is 31.0 Å². The van der Waals surface area contributed by atoms with E-state index in [2.05, 4.69) is 4.72 Å². The Kier molecular flexibility index (Phi) is 4.80. The maximum atomic E-state index is 12.4. The van der Waals surface area contributed by atoms with E-state index in [0.29, 0.717) is 18.0 Å². The van der Waals surface area contributed by atoms with Crippen LogP contribution in [-0.4, -0.2) is 21.6 Å². The largest absolute Gasteiger partial charge is 0.373 e. The molecule has 0 bridgehead atoms. The fraction of sp³-hybridized carbons (Fsp3) is 0.333. The molecule has 3 rings (SSSR count). The van der Waals surface area contributed by atoms with Gasteiger partial charge in [0.1, 0.15) is 0 Å². The van der Waals surface area contributed by atoms with Crippen molar-refractivity contribution in [1.82, 2.24) is 4.72 Å². The quantitative estimate of drug-likeness (QED) is 0.916. The molecular weight excluding hydrogens is 310 g/mol. The highest BCUT2D eigenvalue weighted by Gasteiger charge is 2.30. The smallest absolute Gasteiger partial charge is 0.240 e. The Morgan fingerprint density at radius 1 is 1.09 bits per heavy atom. The number of nitrogens with one attached hydrogen (secondary N) is 1. The Hall–Kier alpha value is -1.69. The zero-order valence-electron chi connectivity index (χ0n) is 13.1. The summed E-state index contributed by atoms with van der Waals surface area (Å²) in [6, 6.07) is 16.9. The number of rotatable bonds is 5. The van der Waals surface area contributed by atoms with E-state index >= 15 is 0 Å². The highest BCUT2D eigenvalue weighted by atomic mass is 32.2. The van der Waals surface area contributed by atoms with Crippen LogP contribution in [0.25, 0.3) is 0 Å². The average Bonchev–Trinajstić information content (AvgIpc) is 3.03. The first-order chi connectivity index (χ1) is 11.1. The predicted octanol–water partition coefficient (Wildman–Crippen LogP) is 3.05. The number of benzene rings is 2. The van der Waals surface area contributed by atoms with Gasteiger partial charge in [0.05, 0.1) is 11.0 Å². The van der Waals surface area contributed by atoms with E-state index in [1.54, 1.807) is 24.3 Å². The van der Waals surface area contributed by atoms with Crippen LogP contribution < -0.4 is 4.72 Å². The summed E-state index contributed by atoms with van der Waals surface area (Å²) in [5.74, 6) is 0.151. The van der Waals surface area contributed by atoms with Crippen LogP contribution in [-0.2, 0) is 14.8 Å². The molecule has 2 aromatic carbocycles. The standard InChI is InChI=1S/C18H21NO3S/c1-14-7-9-17(10-8-14)23(20,21)19-13-16-11-12-22-18(16)15-5-3-2-4-6-15/h2-10,16,18-19H,11-13H2,1H3/t16-,18-/m0/s1. The zero-order chi connectivity index (χ0) is 16.3. The monoisotopic (exact) mass is 331 g/mol. The lowest BCUT2D eigenvalue weighted by Gasteiger charge is -2.19. The predicted molar refractivity (Wildman–Crippen MR) is 89.6 cm³/mol. The minimum Gasteiger partial charge on any atom is -0.373 e. The third kappa shape index (κ3) is 3.80. The van der Waals surface area contributed by atoms with Gasteiger partial charge in [0.2, 0.25) is 10.0 Å². The van der Waals surface area contributed by atoms with Gasteiger partial charge in [0.15, 0.2) is 0 Å². The topological polar surface area (TPSA) is 55.4 Å². The van der Waals surface area contributed by atoms with Crippen molar-refractivity contribution in [3.05, 3.63) is 65.7 Å². The van der Waals surface area contributed by atoms with Crippen molar-refractivity contribution in [2.45, 2.75) is 24.3 Å². The lowest BCUT2D eigenvalue weighted by molar-refractivity contribution is 0.0917. The summed E-state index contributed by atoms with van der Waals surface area (Å²) in [4.78, 5) is 0.304. The van der Waals surface area contributed by atoms with Gasteiger partial charge in [-0.2, -0.15) is 0 Å². The number of aryl methyl sites for hydroxylation is 1. The summed E-state index contributed by atoms with van der Waals surface area (Å²) < 4.78 is 33.3. The second-order valence-electron chi connectivity index (χ2n) is 5.92. The molecule has 1 fully saturated rings. The van der Waals surface area contributed by atoms with Crippen LogP contribution in [0.4, 0.5) is 0 Å². The van der Waals surface area contributed by atoms with Crippen molar-refractivity contribution in [2.75, 3.05) is 13.2 Å². The SMILES string of the molecule is Cc1ccc(S(=O)(=O)NC[C@@H]2CCO[C@H]2c2ccccc2)cc1. The fourth-order valence-electron chi connectivity index (χ4n) is 2.87. The number of hydrogen-bond donors (Lipinski definition) is 1. The Morgan fingerprint density at radius 3 is 2.48 bits per heavy atom. The number of sulfonamides is 1. The Bertz CT molecular complexity index is 742. The van der Waals surface area contributed by atoms with Gasteiger partial charge in [-0.3, -0.25) is 0 Å². The molecule has 5 heteroatoms. The second kappa shape index (κ2) is 6.83. The second-order valence-corrected chi connectivity index (χ2v) is 7.68. The van der Waals surface area contributed by atoms with Crippen molar-refractivity contribution in [2.24, 2.45) is 5.92 Å². The van der Waals surface area contributed by atoms with Crippen LogP contribution in [0.2, 0.25) is 0 Å². The molecule has 1 saturated heterocycles. The number of ether oxygens (including phenoxy) is 1. The first kappa shape index (κ1) is 16.2. The summed E-state index contributed by atoms with van der Waals surface area (Å²) in [7, 11) is -3.48. The van der Waals surface area contributed by atoms with Crippen LogP contribution in [0.3, 0.4) is 0 Å². The van der Waals surface area contributed by atoms with E-state index < -0.39 is 10.0 Å². The van der Waals surface area contributed by atoms with Crippen molar-refractivity contribution in [1.29, 1.82) is 0 Å². The normalized spacial score (nSPS) is 21.4. The summed E-state index contributed by atoms with van der Waals surface area (Å²) in [6.45, 7) is 2.98. The first-order valence-electron chi connectivity index (χ1n) is 7.79. The average molecular weight is 331 g/mol. The fourth-order valence-corrected chi connectivity index (χ4v) is 3.97. The minimum absolute atomic E-state index is 0.0445. The van der Waals surface area contributed by atoms with E-state index in [-0.39, 0.29) is 12.0 Å². The Morgan fingerprint density at radius 2 is 1.78 bits per heavy atom. The maximum Gasteiger partial charge on any atom is 0.240 e. The molecule has 2 atom stereocenters. The molecule has 0 spiro atoms. The molecule has 1 aliphatic heterocycles. The van der Waals surface area contributed by atoms with Crippen LogP contribution in [0.15, 0.2) is 59.5 Å². The molecule has 0 aromatic heterocycles. The van der Waals surface area contributed by atoms with Gasteiger partial charge in [-0.25, -0.2) is 13.1 Å². The molecule has 23 heavy (non-hydrogen) atoms. The van der Waals surface area contributed by atoms with Gasteiger partial charge >= 0.3 is 0 Å². The highest BCUT2D eigenvalue weighted by Crippen LogP contribution is 2.34. The van der Waals surface area contributed by atoms with Gasteiger partial charge < -0.3 is 4.74 Å². The van der Waals surface area contributed by atoms with E-state index in [9.17, 15) is 8.42 Å². The zero-order valence-corrected chi connectivity index (χ0v) is 13.9. The van der Waals surface area contributed by atoms with Crippen molar-refractivity contribution >= 4 is 10.0 Å². The molecule has 1 heterocycles. The van der Waals surface area contributed by atoms with Crippen LogP contribution in [0.5, 0.6) is 0 Å². The minimum atomic E-state index is -3.48. The van der Waals surface area contributed by atoms with Crippen LogP contribution in [0, 0.1) is 12.8 Å². The molecule has 4 nitrogen and oxygen atoms in total. The van der Waals surface area contributed by atoms with Crippen molar-refractivity contribution in [3.63, 3.8) is 0 Å². The molecule has 0 amide bonds.